The molecule has 4 rings (SSSR count). The van der Waals surface area contributed by atoms with Gasteiger partial charge in [-0.25, -0.2) is 4.79 Å². The van der Waals surface area contributed by atoms with Gasteiger partial charge in [0.1, 0.15) is 36.2 Å². The Labute approximate surface area is 232 Å². The van der Waals surface area contributed by atoms with Crippen molar-refractivity contribution in [2.24, 2.45) is 5.73 Å². The molecule has 0 unspecified atom stereocenters. The van der Waals surface area contributed by atoms with E-state index in [1.807, 2.05) is 0 Å². The Balaban J connectivity index is 1.66. The molecule has 2 aliphatic heterocycles. The van der Waals surface area contributed by atoms with Crippen molar-refractivity contribution in [3.05, 3.63) is 62.9 Å². The molecule has 3 heterocycles. The number of methoxy groups -OCH3 is 1. The van der Waals surface area contributed by atoms with E-state index in [1.165, 1.54) is 21.7 Å². The molecular weight excluding hydrogens is 522 g/mol. The van der Waals surface area contributed by atoms with E-state index in [0.29, 0.717) is 25.3 Å². The third kappa shape index (κ3) is 6.14. The summed E-state index contributed by atoms with van der Waals surface area (Å²) in [5, 5.41) is 14.5. The van der Waals surface area contributed by atoms with Gasteiger partial charge in [-0.05, 0) is 51.1 Å². The molecule has 0 spiro atoms. The summed E-state index contributed by atoms with van der Waals surface area (Å²) in [5.74, 6) is -0.734. The topological polar surface area (TPSA) is 160 Å². The molecule has 2 saturated heterocycles. The van der Waals surface area contributed by atoms with Crippen LogP contribution in [0.3, 0.4) is 0 Å². The first-order chi connectivity index (χ1) is 19.0. The van der Waals surface area contributed by atoms with Crippen LogP contribution < -0.4 is 27.0 Å². The fourth-order valence-electron chi connectivity index (χ4n) is 5.07. The van der Waals surface area contributed by atoms with E-state index in [9.17, 15) is 19.5 Å². The van der Waals surface area contributed by atoms with Crippen molar-refractivity contribution in [2.75, 3.05) is 34.3 Å². The van der Waals surface area contributed by atoms with E-state index in [2.05, 4.69) is 5.32 Å². The summed E-state index contributed by atoms with van der Waals surface area (Å²) in [6.45, 7) is 4.30. The second-order valence-electron chi connectivity index (χ2n) is 10.6. The van der Waals surface area contributed by atoms with Crippen molar-refractivity contribution in [2.45, 2.75) is 69.3 Å². The molecule has 6 atom stereocenters. The van der Waals surface area contributed by atoms with Crippen LogP contribution in [0, 0.1) is 0 Å². The number of hydrogen-bond acceptors (Lipinski definition) is 10. The molecule has 2 fully saturated rings. The second-order valence-corrected chi connectivity index (χ2v) is 10.6. The van der Waals surface area contributed by atoms with Crippen molar-refractivity contribution >= 4 is 5.91 Å². The number of carbonyl (C=O) groups is 1. The number of hydrogen-bond donors (Lipinski definition) is 3. The lowest BCUT2D eigenvalue weighted by atomic mass is 9.98. The molecule has 220 valence electrons. The maximum atomic E-state index is 13.6. The Kier molecular flexibility index (Phi) is 9.12. The van der Waals surface area contributed by atoms with Gasteiger partial charge in [0.25, 0.3) is 5.56 Å². The average Bonchev–Trinajstić information content (AvgIpc) is 3.41. The van der Waals surface area contributed by atoms with Gasteiger partial charge < -0.3 is 40.0 Å². The summed E-state index contributed by atoms with van der Waals surface area (Å²) >= 11 is 0. The van der Waals surface area contributed by atoms with Crippen molar-refractivity contribution in [3.63, 3.8) is 0 Å². The molecule has 1 amide bonds. The third-order valence-electron chi connectivity index (χ3n) is 7.06. The Morgan fingerprint density at radius 1 is 1.18 bits per heavy atom. The third-order valence-corrected chi connectivity index (χ3v) is 7.06. The van der Waals surface area contributed by atoms with E-state index >= 15 is 0 Å². The van der Waals surface area contributed by atoms with Crippen LogP contribution in [-0.4, -0.2) is 95.6 Å². The lowest BCUT2D eigenvalue weighted by Gasteiger charge is -2.32. The largest absolute Gasteiger partial charge is 0.497 e. The number of benzene rings is 1. The average molecular weight is 562 g/mol. The molecule has 2 aliphatic rings. The number of aromatic nitrogens is 2. The van der Waals surface area contributed by atoms with E-state index in [4.69, 9.17) is 24.7 Å². The maximum Gasteiger partial charge on any atom is 0.333 e. The minimum absolute atomic E-state index is 0.0304. The maximum absolute atomic E-state index is 13.6. The molecule has 0 bridgehead atoms. The number of rotatable bonds is 11. The first-order valence-corrected chi connectivity index (χ1v) is 13.3. The van der Waals surface area contributed by atoms with Gasteiger partial charge in [0.05, 0.1) is 13.7 Å². The quantitative estimate of drug-likeness (QED) is 0.298. The van der Waals surface area contributed by atoms with Gasteiger partial charge in [0, 0.05) is 26.4 Å². The molecule has 1 aromatic carbocycles. The van der Waals surface area contributed by atoms with E-state index in [1.54, 1.807) is 59.3 Å². The van der Waals surface area contributed by atoms with Crippen molar-refractivity contribution in [1.29, 1.82) is 0 Å². The SMILES string of the molecule is COc1ccc(Cn2c(=O)ccn([C@@H]3O[C@H]([C@H](O)[C@H](NCCCN)C(=O)N(C)C)[C@H]4OC(C)(C)O[C@H]43)c2=O)cc1. The fourth-order valence-corrected chi connectivity index (χ4v) is 5.07. The summed E-state index contributed by atoms with van der Waals surface area (Å²) in [6.07, 6.45) is -3.03. The standard InChI is InChI=1S/C27H39N5O8/c1-27(2)39-22-21(20(34)19(24(35)30(3)4)29-13-6-12-28)38-25(23(22)40-27)31-14-11-18(33)32(26(31)36)15-16-7-9-17(37-5)10-8-16/h7-11,14,19-23,25,29,34H,6,12-13,15,28H2,1-5H3/t19-,20+,21+,22+,23+,25+/m0/s1. The van der Waals surface area contributed by atoms with Crippen molar-refractivity contribution < 1.29 is 28.8 Å². The zero-order valence-corrected chi connectivity index (χ0v) is 23.5. The van der Waals surface area contributed by atoms with Gasteiger partial charge in [-0.1, -0.05) is 12.1 Å². The Morgan fingerprint density at radius 2 is 1.85 bits per heavy atom. The highest BCUT2D eigenvalue weighted by Gasteiger charge is 2.59. The predicted molar refractivity (Wildman–Crippen MR) is 145 cm³/mol. The second kappa shape index (κ2) is 12.2. The van der Waals surface area contributed by atoms with Gasteiger partial charge in [-0.2, -0.15) is 0 Å². The number of nitrogens with one attached hydrogen (secondary N) is 1. The number of ether oxygens (including phenoxy) is 4. The number of nitrogens with two attached hydrogens (primary N) is 1. The molecular formula is C27H39N5O8. The molecule has 0 saturated carbocycles. The number of aliphatic hydroxyl groups is 1. The summed E-state index contributed by atoms with van der Waals surface area (Å²) in [6, 6.07) is 7.30. The van der Waals surface area contributed by atoms with Crippen LogP contribution in [-0.2, 0) is 25.5 Å². The predicted octanol–water partition coefficient (Wildman–Crippen LogP) is -0.759. The van der Waals surface area contributed by atoms with E-state index < -0.39 is 53.7 Å². The van der Waals surface area contributed by atoms with Crippen LogP contribution in [0.4, 0.5) is 0 Å². The molecule has 13 heteroatoms. The minimum Gasteiger partial charge on any atom is -0.497 e. The van der Waals surface area contributed by atoms with Gasteiger partial charge in [-0.15, -0.1) is 0 Å². The van der Waals surface area contributed by atoms with Gasteiger partial charge in [0.15, 0.2) is 12.0 Å². The summed E-state index contributed by atoms with van der Waals surface area (Å²) < 4.78 is 26.0. The molecule has 0 radical (unpaired) electrons. The first-order valence-electron chi connectivity index (χ1n) is 13.3. The molecule has 1 aromatic heterocycles. The number of nitrogens with zero attached hydrogens (tertiary/aromatic N) is 3. The van der Waals surface area contributed by atoms with Crippen LogP contribution >= 0.6 is 0 Å². The number of carbonyl (C=O) groups excluding carboxylic acids is 1. The minimum atomic E-state index is -1.34. The Bertz CT molecular complexity index is 1290. The normalized spacial score (nSPS) is 24.9. The lowest BCUT2D eigenvalue weighted by Crippen LogP contribution is -2.57. The van der Waals surface area contributed by atoms with Crippen LogP contribution in [0.1, 0.15) is 32.1 Å². The van der Waals surface area contributed by atoms with Crippen LogP contribution in [0.2, 0.25) is 0 Å². The Hall–Kier alpha value is -3.07. The smallest absolute Gasteiger partial charge is 0.333 e. The van der Waals surface area contributed by atoms with E-state index in [-0.39, 0.29) is 12.5 Å². The lowest BCUT2D eigenvalue weighted by molar-refractivity contribution is -0.210. The molecule has 40 heavy (non-hydrogen) atoms. The molecule has 2 aromatic rings. The van der Waals surface area contributed by atoms with E-state index in [0.717, 1.165) is 10.1 Å². The van der Waals surface area contributed by atoms with Crippen LogP contribution in [0.25, 0.3) is 0 Å². The monoisotopic (exact) mass is 561 g/mol. The highest BCUT2D eigenvalue weighted by molar-refractivity contribution is 5.82. The van der Waals surface area contributed by atoms with Gasteiger partial charge in [0.2, 0.25) is 5.91 Å². The van der Waals surface area contributed by atoms with Crippen LogP contribution in [0.15, 0.2) is 46.1 Å². The molecule has 0 aliphatic carbocycles. The zero-order valence-electron chi connectivity index (χ0n) is 23.5. The number of aliphatic hydroxyl groups excluding tert-OH is 1. The number of amides is 1. The molecule has 13 nitrogen and oxygen atoms in total. The summed E-state index contributed by atoms with van der Waals surface area (Å²) in [7, 11) is 4.74. The van der Waals surface area contributed by atoms with Gasteiger partial charge in [-0.3, -0.25) is 18.7 Å². The van der Waals surface area contributed by atoms with Gasteiger partial charge >= 0.3 is 5.69 Å². The van der Waals surface area contributed by atoms with Crippen molar-refractivity contribution in [3.8, 4) is 5.75 Å². The summed E-state index contributed by atoms with van der Waals surface area (Å²) in [5.41, 5.74) is 5.24. The highest BCUT2D eigenvalue weighted by atomic mass is 16.8. The summed E-state index contributed by atoms with van der Waals surface area (Å²) in [4.78, 5) is 40.7. The first kappa shape index (κ1) is 29.9. The number of likely N-dealkylation sites (N-methyl/N-ethyl adjacent to an activating group) is 1. The molecule has 4 N–H and O–H groups in total. The highest BCUT2D eigenvalue weighted by Crippen LogP contribution is 2.44. The van der Waals surface area contributed by atoms with Crippen molar-refractivity contribution in [1.82, 2.24) is 19.4 Å². The fraction of sp³-hybridized carbons (Fsp3) is 0.593. The zero-order chi connectivity index (χ0) is 29.2. The Morgan fingerprint density at radius 3 is 2.48 bits per heavy atom. The van der Waals surface area contributed by atoms with Crippen LogP contribution in [0.5, 0.6) is 5.75 Å². The number of fused-ring (bicyclic) bond motifs is 1.